The number of benzene rings is 1. The Morgan fingerprint density at radius 2 is 2.04 bits per heavy atom. The fourth-order valence-electron chi connectivity index (χ4n) is 2.52. The highest BCUT2D eigenvalue weighted by Crippen LogP contribution is 2.26. The summed E-state index contributed by atoms with van der Waals surface area (Å²) in [4.78, 5) is 25.9. The van der Waals surface area contributed by atoms with Crippen LogP contribution in [0.2, 0.25) is 0 Å². The molecular weight excluding hydrogens is 318 g/mol. The van der Waals surface area contributed by atoms with Crippen molar-refractivity contribution in [1.29, 1.82) is 0 Å². The molecular formula is C16H24ClN3O3. The monoisotopic (exact) mass is 341 g/mol. The molecule has 6 nitrogen and oxygen atoms in total. The number of unbranched alkanes of at least 4 members (excludes halogenated alkanes) is 1. The molecule has 1 unspecified atom stereocenters. The van der Waals surface area contributed by atoms with E-state index in [1.54, 1.807) is 12.0 Å². The summed E-state index contributed by atoms with van der Waals surface area (Å²) in [5, 5.41) is 2.88. The van der Waals surface area contributed by atoms with E-state index in [9.17, 15) is 9.59 Å². The lowest BCUT2D eigenvalue weighted by molar-refractivity contribution is -0.126. The average molecular weight is 342 g/mol. The predicted octanol–water partition coefficient (Wildman–Crippen LogP) is 1.32. The van der Waals surface area contributed by atoms with Gasteiger partial charge >= 0.3 is 0 Å². The SMILES string of the molecule is COc1ccc(N2CC(C(=O)NCCCCN)CC2=O)cc1.Cl. The zero-order chi connectivity index (χ0) is 15.9. The first-order valence-electron chi connectivity index (χ1n) is 7.58. The van der Waals surface area contributed by atoms with E-state index in [1.165, 1.54) is 0 Å². The fourth-order valence-corrected chi connectivity index (χ4v) is 2.52. The molecule has 1 aliphatic rings. The fraction of sp³-hybridized carbons (Fsp3) is 0.500. The molecule has 0 radical (unpaired) electrons. The van der Waals surface area contributed by atoms with Crippen LogP contribution in [0.1, 0.15) is 19.3 Å². The lowest BCUT2D eigenvalue weighted by Gasteiger charge is -2.17. The van der Waals surface area contributed by atoms with Crippen molar-refractivity contribution in [2.75, 3.05) is 31.6 Å². The van der Waals surface area contributed by atoms with Crippen LogP contribution in [0.4, 0.5) is 5.69 Å². The first kappa shape index (κ1) is 19.3. The number of hydrogen-bond acceptors (Lipinski definition) is 4. The minimum Gasteiger partial charge on any atom is -0.497 e. The summed E-state index contributed by atoms with van der Waals surface area (Å²) in [5.74, 6) is 0.380. The Kier molecular flexibility index (Phi) is 7.85. The molecule has 0 bridgehead atoms. The molecule has 0 aromatic heterocycles. The second kappa shape index (κ2) is 9.37. The lowest BCUT2D eigenvalue weighted by Crippen LogP contribution is -2.33. The average Bonchev–Trinajstić information content (AvgIpc) is 2.93. The van der Waals surface area contributed by atoms with E-state index in [0.29, 0.717) is 19.6 Å². The van der Waals surface area contributed by atoms with Gasteiger partial charge < -0.3 is 20.7 Å². The maximum atomic E-state index is 12.1. The molecule has 0 spiro atoms. The number of nitrogens with one attached hydrogen (secondary N) is 1. The highest BCUT2D eigenvalue weighted by Gasteiger charge is 2.34. The van der Waals surface area contributed by atoms with E-state index in [4.69, 9.17) is 10.5 Å². The van der Waals surface area contributed by atoms with E-state index >= 15 is 0 Å². The maximum absolute atomic E-state index is 12.1. The van der Waals surface area contributed by atoms with Gasteiger partial charge in [-0.1, -0.05) is 0 Å². The first-order chi connectivity index (χ1) is 10.7. The van der Waals surface area contributed by atoms with Gasteiger partial charge in [0.05, 0.1) is 13.0 Å². The van der Waals surface area contributed by atoms with Gasteiger partial charge in [0.1, 0.15) is 5.75 Å². The molecule has 128 valence electrons. The number of methoxy groups -OCH3 is 1. The van der Waals surface area contributed by atoms with E-state index in [2.05, 4.69) is 5.32 Å². The Bertz CT molecular complexity index is 522. The Balaban J connectivity index is 0.00000264. The van der Waals surface area contributed by atoms with Gasteiger partial charge in [0.15, 0.2) is 0 Å². The smallest absolute Gasteiger partial charge is 0.227 e. The van der Waals surface area contributed by atoms with Gasteiger partial charge in [0.2, 0.25) is 11.8 Å². The number of halogens is 1. The Morgan fingerprint density at radius 3 is 2.65 bits per heavy atom. The van der Waals surface area contributed by atoms with Gasteiger partial charge in [-0.3, -0.25) is 9.59 Å². The van der Waals surface area contributed by atoms with E-state index in [-0.39, 0.29) is 36.6 Å². The van der Waals surface area contributed by atoms with Crippen molar-refractivity contribution < 1.29 is 14.3 Å². The van der Waals surface area contributed by atoms with Gasteiger partial charge in [-0.05, 0) is 43.7 Å². The quantitative estimate of drug-likeness (QED) is 0.733. The van der Waals surface area contributed by atoms with Crippen LogP contribution in [0.5, 0.6) is 5.75 Å². The Labute approximate surface area is 142 Å². The van der Waals surface area contributed by atoms with Crippen LogP contribution >= 0.6 is 12.4 Å². The third kappa shape index (κ3) is 5.11. The van der Waals surface area contributed by atoms with Crippen LogP contribution in [0.15, 0.2) is 24.3 Å². The molecule has 1 aromatic carbocycles. The minimum atomic E-state index is -0.285. The number of carbonyl (C=O) groups is 2. The summed E-state index contributed by atoms with van der Waals surface area (Å²) in [5.41, 5.74) is 6.21. The number of nitrogens with zero attached hydrogens (tertiary/aromatic N) is 1. The summed E-state index contributed by atoms with van der Waals surface area (Å²) in [7, 11) is 1.60. The van der Waals surface area contributed by atoms with Crippen molar-refractivity contribution in [2.24, 2.45) is 11.7 Å². The lowest BCUT2D eigenvalue weighted by atomic mass is 10.1. The summed E-state index contributed by atoms with van der Waals surface area (Å²) in [6.45, 7) is 1.67. The molecule has 2 amide bonds. The van der Waals surface area contributed by atoms with Crippen molar-refractivity contribution in [3.8, 4) is 5.75 Å². The van der Waals surface area contributed by atoms with Gasteiger partial charge in [0.25, 0.3) is 0 Å². The predicted molar refractivity (Wildman–Crippen MR) is 92.0 cm³/mol. The number of amides is 2. The Morgan fingerprint density at radius 1 is 1.35 bits per heavy atom. The maximum Gasteiger partial charge on any atom is 0.227 e. The molecule has 0 saturated carbocycles. The van der Waals surface area contributed by atoms with Gasteiger partial charge in [0, 0.05) is 25.2 Å². The van der Waals surface area contributed by atoms with Crippen molar-refractivity contribution >= 4 is 29.9 Å². The molecule has 1 aromatic rings. The van der Waals surface area contributed by atoms with Crippen LogP contribution in [0, 0.1) is 5.92 Å². The van der Waals surface area contributed by atoms with Crippen LogP contribution in [0.25, 0.3) is 0 Å². The van der Waals surface area contributed by atoms with Crippen molar-refractivity contribution in [2.45, 2.75) is 19.3 Å². The minimum absolute atomic E-state index is 0. The topological polar surface area (TPSA) is 84.7 Å². The number of ether oxygens (including phenoxy) is 1. The third-order valence-electron chi connectivity index (χ3n) is 3.81. The second-order valence-electron chi connectivity index (χ2n) is 5.39. The zero-order valence-electron chi connectivity index (χ0n) is 13.3. The van der Waals surface area contributed by atoms with Crippen molar-refractivity contribution in [1.82, 2.24) is 5.32 Å². The molecule has 7 heteroatoms. The number of anilines is 1. The van der Waals surface area contributed by atoms with Crippen molar-refractivity contribution in [3.05, 3.63) is 24.3 Å². The van der Waals surface area contributed by atoms with Crippen molar-refractivity contribution in [3.63, 3.8) is 0 Å². The Hall–Kier alpha value is -1.79. The summed E-state index contributed by atoms with van der Waals surface area (Å²) in [6, 6.07) is 7.28. The largest absolute Gasteiger partial charge is 0.497 e. The van der Waals surface area contributed by atoms with E-state index < -0.39 is 0 Å². The van der Waals surface area contributed by atoms with Gasteiger partial charge in [-0.25, -0.2) is 0 Å². The number of hydrogen-bond donors (Lipinski definition) is 2. The van der Waals surface area contributed by atoms with Crippen LogP contribution in [-0.2, 0) is 9.59 Å². The van der Waals surface area contributed by atoms with E-state index in [0.717, 1.165) is 24.3 Å². The first-order valence-corrected chi connectivity index (χ1v) is 7.58. The molecule has 1 saturated heterocycles. The molecule has 0 aliphatic carbocycles. The number of nitrogens with two attached hydrogens (primary N) is 1. The molecule has 1 heterocycles. The van der Waals surface area contributed by atoms with Crippen LogP contribution in [-0.4, -0.2) is 38.6 Å². The molecule has 2 rings (SSSR count). The summed E-state index contributed by atoms with van der Waals surface area (Å²) < 4.78 is 5.11. The molecule has 1 fully saturated rings. The van der Waals surface area contributed by atoms with Crippen LogP contribution < -0.4 is 20.7 Å². The third-order valence-corrected chi connectivity index (χ3v) is 3.81. The van der Waals surface area contributed by atoms with Crippen LogP contribution in [0.3, 0.4) is 0 Å². The summed E-state index contributed by atoms with van der Waals surface area (Å²) in [6.07, 6.45) is 2.02. The highest BCUT2D eigenvalue weighted by atomic mass is 35.5. The second-order valence-corrected chi connectivity index (χ2v) is 5.39. The number of carbonyl (C=O) groups excluding carboxylic acids is 2. The molecule has 23 heavy (non-hydrogen) atoms. The summed E-state index contributed by atoms with van der Waals surface area (Å²) >= 11 is 0. The van der Waals surface area contributed by atoms with E-state index in [1.807, 2.05) is 24.3 Å². The zero-order valence-corrected chi connectivity index (χ0v) is 14.1. The highest BCUT2D eigenvalue weighted by molar-refractivity contribution is 6.00. The molecule has 1 aliphatic heterocycles. The van der Waals surface area contributed by atoms with Gasteiger partial charge in [-0.15, -0.1) is 12.4 Å². The molecule has 3 N–H and O–H groups in total. The normalized spacial score (nSPS) is 16.9. The standard InChI is InChI=1S/C16H23N3O3.ClH/c1-22-14-6-4-13(5-7-14)19-11-12(10-15(19)20)16(21)18-9-3-2-8-17;/h4-7,12H,2-3,8-11,17H2,1H3,(H,18,21);1H. The van der Waals surface area contributed by atoms with Gasteiger partial charge in [-0.2, -0.15) is 0 Å². The molecule has 1 atom stereocenters. The number of rotatable bonds is 7.